The van der Waals surface area contributed by atoms with Gasteiger partial charge < -0.3 is 0 Å². The van der Waals surface area contributed by atoms with Crippen molar-refractivity contribution in [1.29, 1.82) is 0 Å². The van der Waals surface area contributed by atoms with Gasteiger partial charge in [0, 0.05) is 0 Å². The van der Waals surface area contributed by atoms with E-state index in [1.807, 2.05) is 0 Å². The Hall–Kier alpha value is -2.05. The standard InChI is InChI=1S/C9H7F3N4/c10-9(11,12)7-1-3-8(4-2-7)15-16-5-13-14-6-16/h1-6,15H. The van der Waals surface area contributed by atoms with Crippen LogP contribution in [0.1, 0.15) is 5.56 Å². The molecule has 4 nitrogen and oxygen atoms in total. The Kier molecular flexibility index (Phi) is 2.51. The fourth-order valence-corrected chi connectivity index (χ4v) is 1.14. The molecule has 0 fully saturated rings. The lowest BCUT2D eigenvalue weighted by Crippen LogP contribution is -2.08. The van der Waals surface area contributed by atoms with Crippen molar-refractivity contribution >= 4 is 5.69 Å². The molecule has 1 heterocycles. The van der Waals surface area contributed by atoms with Crippen LogP contribution in [-0.2, 0) is 6.18 Å². The largest absolute Gasteiger partial charge is 0.416 e. The molecule has 2 aromatic rings. The number of halogens is 3. The molecule has 0 aliphatic heterocycles. The van der Waals surface area contributed by atoms with Gasteiger partial charge in [-0.2, -0.15) is 13.2 Å². The number of benzene rings is 1. The predicted octanol–water partition coefficient (Wildman–Crippen LogP) is 2.17. The van der Waals surface area contributed by atoms with E-state index in [0.29, 0.717) is 5.69 Å². The Labute approximate surface area is 88.7 Å². The predicted molar refractivity (Wildman–Crippen MR) is 50.5 cm³/mol. The highest BCUT2D eigenvalue weighted by Gasteiger charge is 2.29. The molecular weight excluding hydrogens is 221 g/mol. The number of nitrogens with one attached hydrogen (secondary N) is 1. The maximum absolute atomic E-state index is 12.3. The first-order valence-corrected chi connectivity index (χ1v) is 4.34. The molecule has 0 aliphatic rings. The monoisotopic (exact) mass is 228 g/mol. The third-order valence-corrected chi connectivity index (χ3v) is 1.89. The second-order valence-corrected chi connectivity index (χ2v) is 3.06. The first kappa shape index (κ1) is 10.5. The lowest BCUT2D eigenvalue weighted by molar-refractivity contribution is -0.137. The molecule has 1 aromatic carbocycles. The third kappa shape index (κ3) is 2.30. The Morgan fingerprint density at radius 1 is 1.00 bits per heavy atom. The summed E-state index contributed by atoms with van der Waals surface area (Å²) in [5.74, 6) is 0. The van der Waals surface area contributed by atoms with Crippen LogP contribution in [0, 0.1) is 0 Å². The molecule has 0 amide bonds. The van der Waals surface area contributed by atoms with Crippen molar-refractivity contribution in [2.45, 2.75) is 6.18 Å². The van der Waals surface area contributed by atoms with Gasteiger partial charge in [-0.05, 0) is 24.3 Å². The molecule has 0 bridgehead atoms. The van der Waals surface area contributed by atoms with Gasteiger partial charge in [0.15, 0.2) is 0 Å². The molecule has 0 aliphatic carbocycles. The minimum Gasteiger partial charge on any atom is -0.292 e. The molecule has 1 N–H and O–H groups in total. The van der Waals surface area contributed by atoms with Crippen molar-refractivity contribution in [1.82, 2.24) is 14.9 Å². The summed E-state index contributed by atoms with van der Waals surface area (Å²) >= 11 is 0. The smallest absolute Gasteiger partial charge is 0.292 e. The molecule has 0 spiro atoms. The average Bonchev–Trinajstić information content (AvgIpc) is 2.70. The number of hydrogen-bond acceptors (Lipinski definition) is 3. The Bertz CT molecular complexity index is 447. The van der Waals surface area contributed by atoms with Crippen molar-refractivity contribution in [2.75, 3.05) is 5.43 Å². The number of rotatable bonds is 2. The first-order chi connectivity index (χ1) is 7.55. The quantitative estimate of drug-likeness (QED) is 0.856. The molecule has 0 unspecified atom stereocenters. The van der Waals surface area contributed by atoms with Crippen LogP contribution in [0.4, 0.5) is 18.9 Å². The van der Waals surface area contributed by atoms with Gasteiger partial charge in [0.25, 0.3) is 0 Å². The van der Waals surface area contributed by atoms with E-state index < -0.39 is 11.7 Å². The number of hydrogen-bond donors (Lipinski definition) is 1. The van der Waals surface area contributed by atoms with Gasteiger partial charge in [0.1, 0.15) is 12.7 Å². The van der Waals surface area contributed by atoms with Gasteiger partial charge in [-0.3, -0.25) is 5.43 Å². The summed E-state index contributed by atoms with van der Waals surface area (Å²) in [6.07, 6.45) is -1.51. The van der Waals surface area contributed by atoms with Crippen LogP contribution in [0.3, 0.4) is 0 Å². The maximum atomic E-state index is 12.3. The summed E-state index contributed by atoms with van der Waals surface area (Å²) in [7, 11) is 0. The Morgan fingerprint density at radius 2 is 1.56 bits per heavy atom. The molecule has 1 aromatic heterocycles. The molecule has 0 atom stereocenters. The summed E-state index contributed by atoms with van der Waals surface area (Å²) < 4.78 is 38.2. The minimum absolute atomic E-state index is 0.521. The summed E-state index contributed by atoms with van der Waals surface area (Å²) in [4.78, 5) is 0. The van der Waals surface area contributed by atoms with Crippen LogP contribution in [-0.4, -0.2) is 14.9 Å². The SMILES string of the molecule is FC(F)(F)c1ccc(Nn2cnnc2)cc1. The number of nitrogens with zero attached hydrogens (tertiary/aromatic N) is 3. The van der Waals surface area contributed by atoms with E-state index in [9.17, 15) is 13.2 Å². The number of anilines is 1. The van der Waals surface area contributed by atoms with Gasteiger partial charge in [-0.1, -0.05) is 0 Å². The van der Waals surface area contributed by atoms with E-state index >= 15 is 0 Å². The molecule has 0 saturated heterocycles. The molecule has 0 radical (unpaired) electrons. The first-order valence-electron chi connectivity index (χ1n) is 4.34. The van der Waals surface area contributed by atoms with E-state index in [1.165, 1.54) is 29.5 Å². The van der Waals surface area contributed by atoms with Crippen molar-refractivity contribution in [3.05, 3.63) is 42.5 Å². The van der Waals surface area contributed by atoms with Gasteiger partial charge in [-0.15, -0.1) is 10.2 Å². The van der Waals surface area contributed by atoms with E-state index in [4.69, 9.17) is 0 Å². The fraction of sp³-hybridized carbons (Fsp3) is 0.111. The Balaban J connectivity index is 2.14. The van der Waals surface area contributed by atoms with Gasteiger partial charge >= 0.3 is 6.18 Å². The van der Waals surface area contributed by atoms with Gasteiger partial charge in [0.2, 0.25) is 0 Å². The minimum atomic E-state index is -4.31. The zero-order chi connectivity index (χ0) is 11.6. The van der Waals surface area contributed by atoms with Gasteiger partial charge in [0.05, 0.1) is 11.3 Å². The number of aromatic nitrogens is 3. The van der Waals surface area contributed by atoms with Crippen molar-refractivity contribution in [3.63, 3.8) is 0 Å². The molecule has 7 heteroatoms. The zero-order valence-electron chi connectivity index (χ0n) is 7.94. The third-order valence-electron chi connectivity index (χ3n) is 1.89. The maximum Gasteiger partial charge on any atom is 0.416 e. The molecular formula is C9H7F3N4. The summed E-state index contributed by atoms with van der Waals surface area (Å²) in [5, 5.41) is 7.09. The lowest BCUT2D eigenvalue weighted by Gasteiger charge is -2.09. The zero-order valence-corrected chi connectivity index (χ0v) is 7.94. The lowest BCUT2D eigenvalue weighted by atomic mass is 10.2. The molecule has 84 valence electrons. The van der Waals surface area contributed by atoms with Crippen LogP contribution >= 0.6 is 0 Å². The van der Waals surface area contributed by atoms with Crippen LogP contribution in [0.2, 0.25) is 0 Å². The second kappa shape index (κ2) is 3.84. The average molecular weight is 228 g/mol. The highest BCUT2D eigenvalue weighted by molar-refractivity contribution is 5.44. The van der Waals surface area contributed by atoms with Crippen LogP contribution in [0.25, 0.3) is 0 Å². The molecule has 16 heavy (non-hydrogen) atoms. The van der Waals surface area contributed by atoms with Crippen LogP contribution in [0.5, 0.6) is 0 Å². The van der Waals surface area contributed by atoms with Crippen LogP contribution in [0.15, 0.2) is 36.9 Å². The highest BCUT2D eigenvalue weighted by Crippen LogP contribution is 2.29. The Morgan fingerprint density at radius 3 is 2.06 bits per heavy atom. The summed E-state index contributed by atoms with van der Waals surface area (Å²) in [5.41, 5.74) is 2.63. The topological polar surface area (TPSA) is 42.7 Å². The van der Waals surface area contributed by atoms with Gasteiger partial charge in [-0.25, -0.2) is 4.68 Å². The highest BCUT2D eigenvalue weighted by atomic mass is 19.4. The fourth-order valence-electron chi connectivity index (χ4n) is 1.14. The normalized spacial score (nSPS) is 11.4. The van der Waals surface area contributed by atoms with Crippen molar-refractivity contribution in [3.8, 4) is 0 Å². The summed E-state index contributed by atoms with van der Waals surface area (Å²) in [6, 6.07) is 4.69. The molecule has 2 rings (SSSR count). The van der Waals surface area contributed by atoms with E-state index in [1.54, 1.807) is 0 Å². The van der Waals surface area contributed by atoms with Crippen LogP contribution < -0.4 is 5.43 Å². The molecule has 0 saturated carbocycles. The van der Waals surface area contributed by atoms with E-state index in [2.05, 4.69) is 15.6 Å². The van der Waals surface area contributed by atoms with E-state index in [-0.39, 0.29) is 0 Å². The van der Waals surface area contributed by atoms with Crippen molar-refractivity contribution in [2.24, 2.45) is 0 Å². The van der Waals surface area contributed by atoms with Crippen molar-refractivity contribution < 1.29 is 13.2 Å². The number of alkyl halides is 3. The second-order valence-electron chi connectivity index (χ2n) is 3.06. The summed E-state index contributed by atoms with van der Waals surface area (Å²) in [6.45, 7) is 0. The van der Waals surface area contributed by atoms with E-state index in [0.717, 1.165) is 12.1 Å².